The Morgan fingerprint density at radius 3 is 2.68 bits per heavy atom. The van der Waals surface area contributed by atoms with E-state index in [4.69, 9.17) is 5.11 Å². The fourth-order valence-electron chi connectivity index (χ4n) is 3.32. The summed E-state index contributed by atoms with van der Waals surface area (Å²) in [5.41, 5.74) is 0.691. The topological polar surface area (TPSA) is 91.6 Å². The molecule has 2 N–H and O–H groups in total. The van der Waals surface area contributed by atoms with Crippen molar-refractivity contribution >= 4 is 11.9 Å². The van der Waals surface area contributed by atoms with Crippen molar-refractivity contribution in [1.82, 2.24) is 14.8 Å². The van der Waals surface area contributed by atoms with Gasteiger partial charge in [-0.05, 0) is 50.2 Å². The number of rotatable bonds is 8. The molecule has 0 aromatic carbocycles. The predicted molar refractivity (Wildman–Crippen MR) is 92.3 cm³/mol. The van der Waals surface area contributed by atoms with Gasteiger partial charge in [0.25, 0.3) is 5.56 Å². The van der Waals surface area contributed by atoms with Gasteiger partial charge in [-0.15, -0.1) is 0 Å². The highest BCUT2D eigenvalue weighted by Gasteiger charge is 2.37. The molecular weight excluding hydrogens is 322 g/mol. The molecule has 136 valence electrons. The van der Waals surface area contributed by atoms with Crippen LogP contribution < -0.4 is 10.9 Å². The Bertz CT molecular complexity index is 705. The largest absolute Gasteiger partial charge is 0.480 e. The van der Waals surface area contributed by atoms with Crippen LogP contribution in [0.25, 0.3) is 0 Å². The molecule has 1 aromatic rings. The SMILES string of the molecule is Cc1ccn(CC(=O)NC2CC(N(CC(=O)O)CC3CC3)C2)c(=O)c1. The first kappa shape index (κ1) is 17.7. The van der Waals surface area contributed by atoms with Crippen LogP contribution >= 0.6 is 0 Å². The van der Waals surface area contributed by atoms with Gasteiger partial charge in [-0.3, -0.25) is 19.3 Å². The van der Waals surface area contributed by atoms with E-state index in [2.05, 4.69) is 5.32 Å². The maximum Gasteiger partial charge on any atom is 0.317 e. The summed E-state index contributed by atoms with van der Waals surface area (Å²) in [7, 11) is 0. The fourth-order valence-corrected chi connectivity index (χ4v) is 3.32. The first-order valence-electron chi connectivity index (χ1n) is 8.83. The zero-order valence-corrected chi connectivity index (χ0v) is 14.5. The molecule has 7 heteroatoms. The lowest BCUT2D eigenvalue weighted by Crippen LogP contribution is -2.55. The number of carbonyl (C=O) groups excluding carboxylic acids is 1. The Morgan fingerprint density at radius 2 is 2.08 bits per heavy atom. The number of aryl methyl sites for hydroxylation is 1. The summed E-state index contributed by atoms with van der Waals surface area (Å²) in [6.07, 6.45) is 5.55. The van der Waals surface area contributed by atoms with Crippen LogP contribution in [0.3, 0.4) is 0 Å². The normalized spacial score (nSPS) is 22.5. The lowest BCUT2D eigenvalue weighted by Gasteiger charge is -2.42. The van der Waals surface area contributed by atoms with Crippen molar-refractivity contribution in [2.75, 3.05) is 13.1 Å². The van der Waals surface area contributed by atoms with E-state index in [-0.39, 0.29) is 36.6 Å². The molecule has 2 aliphatic carbocycles. The fraction of sp³-hybridized carbons (Fsp3) is 0.611. The minimum absolute atomic E-state index is 0.0151. The molecule has 25 heavy (non-hydrogen) atoms. The molecule has 0 spiro atoms. The van der Waals surface area contributed by atoms with Crippen molar-refractivity contribution in [3.8, 4) is 0 Å². The minimum atomic E-state index is -0.799. The molecule has 2 saturated carbocycles. The van der Waals surface area contributed by atoms with Gasteiger partial charge in [-0.25, -0.2) is 0 Å². The molecule has 0 bridgehead atoms. The predicted octanol–water partition coefficient (Wildman–Crippen LogP) is 0.601. The van der Waals surface area contributed by atoms with E-state index in [0.717, 1.165) is 24.9 Å². The first-order valence-corrected chi connectivity index (χ1v) is 8.83. The third kappa shape index (κ3) is 4.92. The van der Waals surface area contributed by atoms with Gasteiger partial charge in [0.2, 0.25) is 5.91 Å². The van der Waals surface area contributed by atoms with Crippen molar-refractivity contribution in [3.05, 3.63) is 34.2 Å². The first-order chi connectivity index (χ1) is 11.9. The maximum atomic E-state index is 12.1. The molecule has 2 aliphatic rings. The van der Waals surface area contributed by atoms with Gasteiger partial charge in [0, 0.05) is 30.9 Å². The number of carboxylic acids is 1. The summed E-state index contributed by atoms with van der Waals surface area (Å²) >= 11 is 0. The van der Waals surface area contributed by atoms with Crippen LogP contribution in [0.2, 0.25) is 0 Å². The van der Waals surface area contributed by atoms with Crippen LogP contribution in [0.5, 0.6) is 0 Å². The Morgan fingerprint density at radius 1 is 1.36 bits per heavy atom. The molecule has 0 atom stereocenters. The number of carboxylic acid groups (broad SMARTS) is 1. The quantitative estimate of drug-likeness (QED) is 0.719. The van der Waals surface area contributed by atoms with E-state index in [1.54, 1.807) is 12.3 Å². The summed E-state index contributed by atoms with van der Waals surface area (Å²) in [6.45, 7) is 2.77. The zero-order chi connectivity index (χ0) is 18.0. The molecule has 0 aliphatic heterocycles. The van der Waals surface area contributed by atoms with Crippen LogP contribution in [0.4, 0.5) is 0 Å². The lowest BCUT2D eigenvalue weighted by atomic mass is 9.85. The highest BCUT2D eigenvalue weighted by molar-refractivity contribution is 5.76. The molecule has 0 saturated heterocycles. The second-order valence-electron chi connectivity index (χ2n) is 7.33. The van der Waals surface area contributed by atoms with Gasteiger partial charge in [0.1, 0.15) is 6.54 Å². The Balaban J connectivity index is 1.46. The summed E-state index contributed by atoms with van der Waals surface area (Å²) < 4.78 is 1.39. The minimum Gasteiger partial charge on any atom is -0.480 e. The smallest absolute Gasteiger partial charge is 0.317 e. The lowest BCUT2D eigenvalue weighted by molar-refractivity contribution is -0.140. The number of aliphatic carboxylic acids is 1. The molecule has 0 unspecified atom stereocenters. The van der Waals surface area contributed by atoms with Gasteiger partial charge in [-0.1, -0.05) is 0 Å². The number of carbonyl (C=O) groups is 2. The molecule has 0 radical (unpaired) electrons. The monoisotopic (exact) mass is 347 g/mol. The highest BCUT2D eigenvalue weighted by atomic mass is 16.4. The van der Waals surface area contributed by atoms with E-state index in [1.165, 1.54) is 23.5 Å². The average molecular weight is 347 g/mol. The van der Waals surface area contributed by atoms with Crippen LogP contribution in [-0.4, -0.2) is 51.6 Å². The number of nitrogens with zero attached hydrogens (tertiary/aromatic N) is 2. The molecule has 1 amide bonds. The van der Waals surface area contributed by atoms with Gasteiger partial charge in [0.15, 0.2) is 0 Å². The van der Waals surface area contributed by atoms with Crippen molar-refractivity contribution in [1.29, 1.82) is 0 Å². The van der Waals surface area contributed by atoms with Crippen LogP contribution in [0.15, 0.2) is 23.1 Å². The third-order valence-electron chi connectivity index (χ3n) is 4.99. The zero-order valence-electron chi connectivity index (χ0n) is 14.5. The number of hydrogen-bond donors (Lipinski definition) is 2. The highest BCUT2D eigenvalue weighted by Crippen LogP contribution is 2.33. The van der Waals surface area contributed by atoms with E-state index >= 15 is 0 Å². The van der Waals surface area contributed by atoms with Gasteiger partial charge in [0.05, 0.1) is 6.54 Å². The van der Waals surface area contributed by atoms with E-state index < -0.39 is 5.97 Å². The van der Waals surface area contributed by atoms with Gasteiger partial charge >= 0.3 is 5.97 Å². The van der Waals surface area contributed by atoms with Crippen LogP contribution in [0.1, 0.15) is 31.2 Å². The second kappa shape index (κ2) is 7.39. The van der Waals surface area contributed by atoms with Crippen LogP contribution in [-0.2, 0) is 16.1 Å². The molecule has 7 nitrogen and oxygen atoms in total. The van der Waals surface area contributed by atoms with Gasteiger partial charge < -0.3 is 15.0 Å². The van der Waals surface area contributed by atoms with Crippen molar-refractivity contribution < 1.29 is 14.7 Å². The summed E-state index contributed by atoms with van der Waals surface area (Å²) in [4.78, 5) is 37.0. The average Bonchev–Trinajstić information content (AvgIpc) is 3.28. The second-order valence-corrected chi connectivity index (χ2v) is 7.33. The van der Waals surface area contributed by atoms with Crippen molar-refractivity contribution in [2.45, 2.75) is 51.2 Å². The van der Waals surface area contributed by atoms with Gasteiger partial charge in [-0.2, -0.15) is 0 Å². The molecular formula is C18H25N3O4. The number of amides is 1. The van der Waals surface area contributed by atoms with E-state index in [9.17, 15) is 14.4 Å². The Kier molecular flexibility index (Phi) is 5.22. The van der Waals surface area contributed by atoms with Crippen molar-refractivity contribution in [3.63, 3.8) is 0 Å². The summed E-state index contributed by atoms with van der Waals surface area (Å²) in [6, 6.07) is 3.60. The standard InChI is InChI=1S/C18H25N3O4/c1-12-4-5-20(17(23)6-12)10-16(22)19-14-7-15(8-14)21(11-18(24)25)9-13-2-3-13/h4-6,13-15H,2-3,7-11H2,1H3,(H,19,22)(H,24,25). The number of aromatic nitrogens is 1. The Labute approximate surface area is 146 Å². The third-order valence-corrected chi connectivity index (χ3v) is 4.99. The van der Waals surface area contributed by atoms with Crippen molar-refractivity contribution in [2.24, 2.45) is 5.92 Å². The number of hydrogen-bond acceptors (Lipinski definition) is 4. The van der Waals surface area contributed by atoms with E-state index in [1.807, 2.05) is 11.8 Å². The number of pyridine rings is 1. The van der Waals surface area contributed by atoms with Crippen LogP contribution in [0, 0.1) is 12.8 Å². The molecule has 1 heterocycles. The summed E-state index contributed by atoms with van der Waals surface area (Å²) in [5.74, 6) is -0.338. The summed E-state index contributed by atoms with van der Waals surface area (Å²) in [5, 5.41) is 12.0. The Hall–Kier alpha value is -2.15. The van der Waals surface area contributed by atoms with E-state index in [0.29, 0.717) is 5.92 Å². The molecule has 1 aromatic heterocycles. The molecule has 2 fully saturated rings. The molecule has 3 rings (SSSR count). The maximum absolute atomic E-state index is 12.1. The number of nitrogens with one attached hydrogen (secondary N) is 1.